The van der Waals surface area contributed by atoms with E-state index in [4.69, 9.17) is 9.47 Å². The summed E-state index contributed by atoms with van der Waals surface area (Å²) >= 11 is 37.8. The summed E-state index contributed by atoms with van der Waals surface area (Å²) in [5.74, 6) is 1.74. The highest BCUT2D eigenvalue weighted by molar-refractivity contribution is 9.14. The Hall–Kier alpha value is 1.80. The molecule has 4 aromatic carbocycles. The summed E-state index contributed by atoms with van der Waals surface area (Å²) < 4.78 is 18.5. The van der Waals surface area contributed by atoms with Crippen LogP contribution < -0.4 is 9.47 Å². The molecule has 4 unspecified atom stereocenters. The first-order valence-electron chi connectivity index (χ1n) is 13.8. The van der Waals surface area contributed by atoms with E-state index in [1.54, 1.807) is 0 Å². The summed E-state index contributed by atoms with van der Waals surface area (Å²) in [6, 6.07) is 13.2. The van der Waals surface area contributed by atoms with Crippen LogP contribution in [0.3, 0.4) is 0 Å². The first kappa shape index (κ1) is 38.6. The minimum atomic E-state index is 0.117. The first-order valence-corrected chi connectivity index (χ1v) is 22.2. The maximum absolute atomic E-state index is 6.42. The van der Waals surface area contributed by atoms with E-state index in [-0.39, 0.29) is 15.6 Å². The third-order valence-electron chi connectivity index (χ3n) is 7.46. The van der Waals surface area contributed by atoms with Crippen LogP contribution in [-0.2, 0) is 0 Å². The second-order valence-electron chi connectivity index (χ2n) is 10.4. The van der Waals surface area contributed by atoms with Gasteiger partial charge in [0.15, 0.2) is 0 Å². The van der Waals surface area contributed by atoms with Gasteiger partial charge in [-0.2, -0.15) is 0 Å². The molecule has 0 aliphatic rings. The van der Waals surface area contributed by atoms with Crippen molar-refractivity contribution in [2.75, 3.05) is 13.2 Å². The van der Waals surface area contributed by atoms with Crippen LogP contribution in [0.2, 0.25) is 0 Å². The van der Waals surface area contributed by atoms with Crippen molar-refractivity contribution in [3.63, 3.8) is 0 Å². The highest BCUT2D eigenvalue weighted by Crippen LogP contribution is 2.47. The van der Waals surface area contributed by atoms with Crippen LogP contribution in [0.25, 0.3) is 21.5 Å². The van der Waals surface area contributed by atoms with Crippen molar-refractivity contribution in [2.24, 2.45) is 0 Å². The van der Waals surface area contributed by atoms with E-state index in [1.165, 1.54) is 11.1 Å². The highest BCUT2D eigenvalue weighted by atomic mass is 79.9. The molecular weight excluding hydrogens is 1220 g/mol. The van der Waals surface area contributed by atoms with Crippen molar-refractivity contribution in [1.29, 1.82) is 0 Å². The molecule has 0 spiro atoms. The molecule has 0 aliphatic heterocycles. The topological polar surface area (TPSA) is 18.5 Å². The molecule has 44 heavy (non-hydrogen) atoms. The Balaban J connectivity index is 1.74. The SMILES string of the molecule is CCC(Br)C(Br)COc1c(Br)c(Br)cc2cc(C(C)c3cc(Br)c4c(OCC(Br)C(Br)CC)c(Br)c(Br)cc4c3)cc(Br)c12. The van der Waals surface area contributed by atoms with Crippen LogP contribution in [0.15, 0.2) is 63.2 Å². The van der Waals surface area contributed by atoms with E-state index in [9.17, 15) is 0 Å². The Kier molecular flexibility index (Phi) is 15.0. The molecule has 238 valence electrons. The lowest BCUT2D eigenvalue weighted by Crippen LogP contribution is -2.21. The molecule has 0 aliphatic carbocycles. The lowest BCUT2D eigenvalue weighted by molar-refractivity contribution is 0.318. The molecule has 4 rings (SSSR count). The van der Waals surface area contributed by atoms with E-state index in [2.05, 4.69) is 216 Å². The monoisotopic (exact) mass is 1230 g/mol. The van der Waals surface area contributed by atoms with Crippen molar-refractivity contribution in [2.45, 2.75) is 58.8 Å². The average molecular weight is 1240 g/mol. The molecule has 0 amide bonds. The lowest BCUT2D eigenvalue weighted by Gasteiger charge is -2.21. The van der Waals surface area contributed by atoms with Gasteiger partial charge in [-0.1, -0.05) is 128 Å². The summed E-state index contributed by atoms with van der Waals surface area (Å²) in [6.45, 7) is 7.62. The fourth-order valence-corrected chi connectivity index (χ4v) is 9.22. The van der Waals surface area contributed by atoms with Gasteiger partial charge < -0.3 is 9.47 Å². The second-order valence-corrected chi connectivity index (χ2v) is 20.1. The predicted molar refractivity (Wildman–Crippen MR) is 224 cm³/mol. The standard InChI is InChI=1S/C32H28Br10O2/c1-4-19(33)25(39)12-43-31-27-17(10-23(37)29(31)41)6-15(8-21(27)35)14(3)16-7-18-11-24(38)30(42)32(28(18)22(36)9-16)44-13-26(40)20(34)5-2/h6-11,14,19-20,25-26H,4-5,12-13H2,1-3H3. The van der Waals surface area contributed by atoms with Crippen molar-refractivity contribution in [1.82, 2.24) is 0 Å². The molecule has 0 saturated carbocycles. The van der Waals surface area contributed by atoms with Crippen LogP contribution in [0.4, 0.5) is 0 Å². The Bertz CT molecular complexity index is 1540. The largest absolute Gasteiger partial charge is 0.490 e. The summed E-state index contributed by atoms with van der Waals surface area (Å²) in [4.78, 5) is 1.02. The summed E-state index contributed by atoms with van der Waals surface area (Å²) in [7, 11) is 0. The van der Waals surface area contributed by atoms with E-state index in [0.717, 1.165) is 72.7 Å². The van der Waals surface area contributed by atoms with E-state index in [1.807, 2.05) is 0 Å². The number of alkyl halides is 4. The second kappa shape index (κ2) is 17.1. The minimum absolute atomic E-state index is 0.117. The normalized spacial score (nSPS) is 15.3. The molecular formula is C32H28Br10O2. The van der Waals surface area contributed by atoms with Gasteiger partial charge in [0, 0.05) is 44.2 Å². The van der Waals surface area contributed by atoms with Gasteiger partial charge in [-0.25, -0.2) is 0 Å². The van der Waals surface area contributed by atoms with Gasteiger partial charge in [0.25, 0.3) is 0 Å². The van der Waals surface area contributed by atoms with Crippen LogP contribution in [0.5, 0.6) is 11.5 Å². The van der Waals surface area contributed by atoms with Gasteiger partial charge in [0.1, 0.15) is 24.7 Å². The number of fused-ring (bicyclic) bond motifs is 2. The summed E-state index contributed by atoms with van der Waals surface area (Å²) in [5.41, 5.74) is 2.39. The number of benzene rings is 4. The molecule has 0 fully saturated rings. The lowest BCUT2D eigenvalue weighted by atomic mass is 9.90. The number of hydrogen-bond donors (Lipinski definition) is 0. The van der Waals surface area contributed by atoms with Gasteiger partial charge in [-0.3, -0.25) is 0 Å². The number of ether oxygens (including phenoxy) is 2. The van der Waals surface area contributed by atoms with Gasteiger partial charge >= 0.3 is 0 Å². The zero-order valence-corrected chi connectivity index (χ0v) is 39.6. The maximum Gasteiger partial charge on any atom is 0.143 e. The maximum atomic E-state index is 6.42. The van der Waals surface area contributed by atoms with Crippen LogP contribution >= 0.6 is 159 Å². The molecule has 0 radical (unpaired) electrons. The van der Waals surface area contributed by atoms with E-state index < -0.39 is 0 Å². The third kappa shape index (κ3) is 8.74. The van der Waals surface area contributed by atoms with Gasteiger partial charge in [-0.05, 0) is 123 Å². The molecule has 0 heterocycles. The Labute approximate surface area is 343 Å². The zero-order chi connectivity index (χ0) is 32.5. The van der Waals surface area contributed by atoms with E-state index >= 15 is 0 Å². The predicted octanol–water partition coefficient (Wildman–Crippen LogP) is 15.4. The van der Waals surface area contributed by atoms with Crippen molar-refractivity contribution in [3.05, 3.63) is 74.4 Å². The molecule has 0 N–H and O–H groups in total. The third-order valence-corrected chi connectivity index (χ3v) is 18.4. The molecule has 0 aromatic heterocycles. The van der Waals surface area contributed by atoms with Crippen LogP contribution in [0.1, 0.15) is 50.7 Å². The summed E-state index contributed by atoms with van der Waals surface area (Å²) in [5, 5.41) is 4.25. The van der Waals surface area contributed by atoms with Crippen molar-refractivity contribution >= 4 is 181 Å². The molecule has 4 aromatic rings. The average Bonchev–Trinajstić information content (AvgIpc) is 2.99. The van der Waals surface area contributed by atoms with Gasteiger partial charge in [-0.15, -0.1) is 0 Å². The zero-order valence-electron chi connectivity index (χ0n) is 23.8. The Morgan fingerprint density at radius 3 is 1.23 bits per heavy atom. The van der Waals surface area contributed by atoms with Crippen LogP contribution in [0, 0.1) is 0 Å². The smallest absolute Gasteiger partial charge is 0.143 e. The molecule has 0 bridgehead atoms. The summed E-state index contributed by atoms with van der Waals surface area (Å²) in [6.07, 6.45) is 2.01. The van der Waals surface area contributed by atoms with Gasteiger partial charge in [0.05, 0.1) is 18.6 Å². The first-order chi connectivity index (χ1) is 20.8. The minimum Gasteiger partial charge on any atom is -0.490 e. The van der Waals surface area contributed by atoms with Crippen molar-refractivity contribution < 1.29 is 9.47 Å². The van der Waals surface area contributed by atoms with Gasteiger partial charge in [0.2, 0.25) is 0 Å². The number of halogens is 10. The van der Waals surface area contributed by atoms with E-state index in [0.29, 0.717) is 22.9 Å². The quantitative estimate of drug-likeness (QED) is 0.132. The Morgan fingerprint density at radius 1 is 0.523 bits per heavy atom. The highest BCUT2D eigenvalue weighted by Gasteiger charge is 2.23. The fourth-order valence-electron chi connectivity index (χ4n) is 4.85. The molecule has 4 atom stereocenters. The van der Waals surface area contributed by atoms with Crippen LogP contribution in [-0.4, -0.2) is 32.5 Å². The molecule has 0 saturated heterocycles. The Morgan fingerprint density at radius 2 is 0.886 bits per heavy atom. The number of hydrogen-bond acceptors (Lipinski definition) is 2. The molecule has 2 nitrogen and oxygen atoms in total. The number of rotatable bonds is 12. The molecule has 12 heteroatoms. The fraction of sp³-hybridized carbons (Fsp3) is 0.375. The van der Waals surface area contributed by atoms with Crippen molar-refractivity contribution in [3.8, 4) is 11.5 Å².